The van der Waals surface area contributed by atoms with Crippen LogP contribution >= 0.6 is 11.6 Å². The van der Waals surface area contributed by atoms with E-state index in [0.29, 0.717) is 29.9 Å². The van der Waals surface area contributed by atoms with Gasteiger partial charge in [-0.15, -0.1) is 5.10 Å². The highest BCUT2D eigenvalue weighted by molar-refractivity contribution is 6.32. The normalized spacial score (nSPS) is 10.5. The minimum atomic E-state index is 0.369. The van der Waals surface area contributed by atoms with Gasteiger partial charge in [0, 0.05) is 10.8 Å². The van der Waals surface area contributed by atoms with Crippen LogP contribution in [-0.2, 0) is 0 Å². The molecule has 0 atom stereocenters. The predicted octanol–water partition coefficient (Wildman–Crippen LogP) is 3.74. The second kappa shape index (κ2) is 6.41. The molecular formula is C16H13ClN2O2. The zero-order valence-electron chi connectivity index (χ0n) is 11.2. The maximum Gasteiger partial charge on any atom is 0.241 e. The summed E-state index contributed by atoms with van der Waals surface area (Å²) >= 11 is 6.01. The summed E-state index contributed by atoms with van der Waals surface area (Å²) in [7, 11) is 0. The highest BCUT2D eigenvalue weighted by Crippen LogP contribution is 2.23. The van der Waals surface area contributed by atoms with Crippen LogP contribution in [0.25, 0.3) is 10.8 Å². The fourth-order valence-electron chi connectivity index (χ4n) is 1.96. The summed E-state index contributed by atoms with van der Waals surface area (Å²) < 4.78 is 11.2. The number of rotatable bonds is 5. The van der Waals surface area contributed by atoms with Crippen LogP contribution < -0.4 is 9.47 Å². The summed E-state index contributed by atoms with van der Waals surface area (Å²) in [5.74, 6) is 1.16. The standard InChI is InChI=1S/C16H13ClN2O2/c17-14-7-3-4-8-15(14)20-9-10-21-16-13-6-2-1-5-12(13)11-18-19-16/h1-8,11H,9-10H2. The van der Waals surface area contributed by atoms with Gasteiger partial charge in [-0.3, -0.25) is 0 Å². The van der Waals surface area contributed by atoms with Crippen molar-refractivity contribution in [2.75, 3.05) is 13.2 Å². The zero-order valence-corrected chi connectivity index (χ0v) is 12.0. The van der Waals surface area contributed by atoms with Crippen molar-refractivity contribution < 1.29 is 9.47 Å². The first-order valence-electron chi connectivity index (χ1n) is 6.55. The Balaban J connectivity index is 1.61. The molecule has 0 saturated heterocycles. The molecule has 1 aromatic heterocycles. The summed E-state index contributed by atoms with van der Waals surface area (Å²) in [4.78, 5) is 0. The van der Waals surface area contributed by atoms with Gasteiger partial charge < -0.3 is 9.47 Å². The molecule has 3 aromatic rings. The quantitative estimate of drug-likeness (QED) is 0.673. The van der Waals surface area contributed by atoms with Crippen LogP contribution in [0.2, 0.25) is 5.02 Å². The number of halogens is 1. The molecule has 0 fully saturated rings. The van der Waals surface area contributed by atoms with Gasteiger partial charge in [0.05, 0.1) is 11.2 Å². The molecular weight excluding hydrogens is 288 g/mol. The molecule has 3 rings (SSSR count). The van der Waals surface area contributed by atoms with E-state index < -0.39 is 0 Å². The lowest BCUT2D eigenvalue weighted by Crippen LogP contribution is -2.10. The monoisotopic (exact) mass is 300 g/mol. The number of hydrogen-bond donors (Lipinski definition) is 0. The van der Waals surface area contributed by atoms with Gasteiger partial charge in [-0.1, -0.05) is 41.9 Å². The van der Waals surface area contributed by atoms with Crippen molar-refractivity contribution in [3.05, 3.63) is 59.8 Å². The van der Waals surface area contributed by atoms with Crippen molar-refractivity contribution in [2.24, 2.45) is 0 Å². The minimum absolute atomic E-state index is 0.369. The summed E-state index contributed by atoms with van der Waals surface area (Å²) in [6.45, 7) is 0.753. The summed E-state index contributed by atoms with van der Waals surface area (Å²) in [5.41, 5.74) is 0. The first kappa shape index (κ1) is 13.6. The number of fused-ring (bicyclic) bond motifs is 1. The Morgan fingerprint density at radius 1 is 0.905 bits per heavy atom. The van der Waals surface area contributed by atoms with E-state index in [1.165, 1.54) is 0 Å². The third-order valence-corrected chi connectivity index (χ3v) is 3.27. The van der Waals surface area contributed by atoms with E-state index in [9.17, 15) is 0 Å². The topological polar surface area (TPSA) is 44.2 Å². The van der Waals surface area contributed by atoms with Gasteiger partial charge in [0.15, 0.2) is 0 Å². The minimum Gasteiger partial charge on any atom is -0.488 e. The Bertz CT molecular complexity index is 744. The average molecular weight is 301 g/mol. The zero-order chi connectivity index (χ0) is 14.5. The van der Waals surface area contributed by atoms with Gasteiger partial charge in [-0.05, 0) is 18.2 Å². The van der Waals surface area contributed by atoms with Crippen LogP contribution in [0, 0.1) is 0 Å². The fraction of sp³-hybridized carbons (Fsp3) is 0.125. The lowest BCUT2D eigenvalue weighted by molar-refractivity contribution is 0.212. The molecule has 2 aromatic carbocycles. The first-order valence-corrected chi connectivity index (χ1v) is 6.93. The third kappa shape index (κ3) is 3.23. The number of nitrogens with zero attached hydrogens (tertiary/aromatic N) is 2. The molecule has 0 radical (unpaired) electrons. The van der Waals surface area contributed by atoms with Gasteiger partial charge in [-0.25, -0.2) is 0 Å². The van der Waals surface area contributed by atoms with Crippen LogP contribution in [0.3, 0.4) is 0 Å². The van der Waals surface area contributed by atoms with Crippen molar-refractivity contribution in [1.82, 2.24) is 10.2 Å². The molecule has 0 N–H and O–H groups in total. The molecule has 4 nitrogen and oxygen atoms in total. The molecule has 1 heterocycles. The molecule has 0 aliphatic heterocycles. The number of aromatic nitrogens is 2. The highest BCUT2D eigenvalue weighted by atomic mass is 35.5. The van der Waals surface area contributed by atoms with Crippen LogP contribution in [0.1, 0.15) is 0 Å². The van der Waals surface area contributed by atoms with Gasteiger partial charge in [0.1, 0.15) is 19.0 Å². The summed E-state index contributed by atoms with van der Waals surface area (Å²) in [6.07, 6.45) is 1.71. The second-order valence-electron chi connectivity index (χ2n) is 4.36. The van der Waals surface area contributed by atoms with Crippen molar-refractivity contribution in [1.29, 1.82) is 0 Å². The maximum atomic E-state index is 6.01. The van der Waals surface area contributed by atoms with E-state index in [4.69, 9.17) is 21.1 Å². The van der Waals surface area contributed by atoms with Gasteiger partial charge >= 0.3 is 0 Å². The van der Waals surface area contributed by atoms with Crippen molar-refractivity contribution in [2.45, 2.75) is 0 Å². The fourth-order valence-corrected chi connectivity index (χ4v) is 2.15. The third-order valence-electron chi connectivity index (χ3n) is 2.95. The van der Waals surface area contributed by atoms with Crippen LogP contribution in [-0.4, -0.2) is 23.4 Å². The summed E-state index contributed by atoms with van der Waals surface area (Å²) in [6, 6.07) is 15.2. The SMILES string of the molecule is Clc1ccccc1OCCOc1nncc2ccccc12. The van der Waals surface area contributed by atoms with Gasteiger partial charge in [0.25, 0.3) is 0 Å². The maximum absolute atomic E-state index is 6.01. The van der Waals surface area contributed by atoms with Crippen molar-refractivity contribution in [3.63, 3.8) is 0 Å². The Hall–Kier alpha value is -2.33. The van der Waals surface area contributed by atoms with E-state index in [-0.39, 0.29) is 0 Å². The number of para-hydroxylation sites is 1. The van der Waals surface area contributed by atoms with Crippen LogP contribution in [0.15, 0.2) is 54.7 Å². The highest BCUT2D eigenvalue weighted by Gasteiger charge is 2.04. The molecule has 106 valence electrons. The van der Waals surface area contributed by atoms with E-state index in [1.807, 2.05) is 42.5 Å². The number of ether oxygens (including phenoxy) is 2. The van der Waals surface area contributed by atoms with Crippen molar-refractivity contribution >= 4 is 22.4 Å². The average Bonchev–Trinajstić information content (AvgIpc) is 2.53. The number of hydrogen-bond acceptors (Lipinski definition) is 4. The van der Waals surface area contributed by atoms with E-state index >= 15 is 0 Å². The van der Waals surface area contributed by atoms with Gasteiger partial charge in [-0.2, -0.15) is 5.10 Å². The molecule has 0 spiro atoms. The van der Waals surface area contributed by atoms with E-state index in [2.05, 4.69) is 10.2 Å². The van der Waals surface area contributed by atoms with Gasteiger partial charge in [0.2, 0.25) is 5.88 Å². The second-order valence-corrected chi connectivity index (χ2v) is 4.77. The van der Waals surface area contributed by atoms with Crippen LogP contribution in [0.4, 0.5) is 0 Å². The summed E-state index contributed by atoms with van der Waals surface area (Å²) in [5, 5.41) is 10.5. The Kier molecular flexibility index (Phi) is 4.17. The largest absolute Gasteiger partial charge is 0.488 e. The van der Waals surface area contributed by atoms with E-state index in [1.54, 1.807) is 12.3 Å². The van der Waals surface area contributed by atoms with E-state index in [0.717, 1.165) is 10.8 Å². The number of benzene rings is 2. The Labute approximate surface area is 127 Å². The van der Waals surface area contributed by atoms with Crippen molar-refractivity contribution in [3.8, 4) is 11.6 Å². The molecule has 0 saturated carbocycles. The molecule has 0 bridgehead atoms. The molecule has 0 aliphatic carbocycles. The predicted molar refractivity (Wildman–Crippen MR) is 82.0 cm³/mol. The smallest absolute Gasteiger partial charge is 0.241 e. The first-order chi connectivity index (χ1) is 10.3. The lowest BCUT2D eigenvalue weighted by Gasteiger charge is -2.09. The Morgan fingerprint density at radius 2 is 1.67 bits per heavy atom. The molecule has 0 unspecified atom stereocenters. The molecule has 0 amide bonds. The Morgan fingerprint density at radius 3 is 2.57 bits per heavy atom. The lowest BCUT2D eigenvalue weighted by atomic mass is 10.2. The van der Waals surface area contributed by atoms with Crippen LogP contribution in [0.5, 0.6) is 11.6 Å². The molecule has 21 heavy (non-hydrogen) atoms. The molecule has 5 heteroatoms. The molecule has 0 aliphatic rings.